The third-order valence-electron chi connectivity index (χ3n) is 4.52. The molecule has 1 saturated carbocycles. The van der Waals surface area contributed by atoms with Crippen molar-refractivity contribution in [2.24, 2.45) is 5.92 Å². The molecule has 1 aliphatic carbocycles. The summed E-state index contributed by atoms with van der Waals surface area (Å²) in [6.07, 6.45) is -1.84. The van der Waals surface area contributed by atoms with Crippen molar-refractivity contribution in [2.75, 3.05) is 11.9 Å². The third-order valence-corrected chi connectivity index (χ3v) is 4.52. The minimum Gasteiger partial charge on any atom is -0.444 e. The highest BCUT2D eigenvalue weighted by Gasteiger charge is 2.48. The number of aromatic nitrogens is 1. The first kappa shape index (κ1) is 17.8. The molecule has 2 heterocycles. The molecule has 5 nitrogen and oxygen atoms in total. The van der Waals surface area contributed by atoms with E-state index >= 15 is 0 Å². The van der Waals surface area contributed by atoms with Gasteiger partial charge in [-0.1, -0.05) is 0 Å². The first-order valence-corrected chi connectivity index (χ1v) is 8.32. The number of nitrogens with zero attached hydrogens (tertiary/aromatic N) is 2. The zero-order valence-corrected chi connectivity index (χ0v) is 14.4. The molecule has 1 aliphatic heterocycles. The van der Waals surface area contributed by atoms with Gasteiger partial charge in [-0.3, -0.25) is 0 Å². The summed E-state index contributed by atoms with van der Waals surface area (Å²) in [6.45, 7) is 6.14. The lowest BCUT2D eigenvalue weighted by Gasteiger charge is -2.35. The van der Waals surface area contributed by atoms with Gasteiger partial charge in [0.15, 0.2) is 0 Å². The number of pyridine rings is 1. The maximum Gasteiger partial charge on any atom is 0.433 e. The SMILES string of the molecule is CC(C)(C)OC(=O)N1C[C@H]2C[C@@H](Nc3ccc(C(F)(F)F)nc3)[C@@H]1C2. The average molecular weight is 357 g/mol. The number of carbonyl (C=O) groups excluding carboxylic acids is 1. The Bertz CT molecular complexity index is 640. The molecule has 0 unspecified atom stereocenters. The lowest BCUT2D eigenvalue weighted by Crippen LogP contribution is -2.49. The number of hydrogen-bond donors (Lipinski definition) is 1. The summed E-state index contributed by atoms with van der Waals surface area (Å²) in [5.41, 5.74) is -0.949. The second-order valence-corrected chi connectivity index (χ2v) is 7.72. The van der Waals surface area contributed by atoms with Gasteiger partial charge in [-0.15, -0.1) is 0 Å². The summed E-state index contributed by atoms with van der Waals surface area (Å²) < 4.78 is 43.2. The summed E-state index contributed by atoms with van der Waals surface area (Å²) in [5, 5.41) is 3.22. The Labute approximate surface area is 144 Å². The molecule has 2 aliphatic rings. The van der Waals surface area contributed by atoms with Crippen molar-refractivity contribution in [1.29, 1.82) is 0 Å². The van der Waals surface area contributed by atoms with Crippen molar-refractivity contribution in [1.82, 2.24) is 9.88 Å². The lowest BCUT2D eigenvalue weighted by molar-refractivity contribution is -0.141. The molecule has 0 spiro atoms. The molecule has 0 aromatic carbocycles. The van der Waals surface area contributed by atoms with Crippen molar-refractivity contribution < 1.29 is 22.7 Å². The molecule has 1 N–H and O–H groups in total. The van der Waals surface area contributed by atoms with E-state index in [1.54, 1.807) is 4.90 Å². The fraction of sp³-hybridized carbons (Fsp3) is 0.647. The molecule has 3 atom stereocenters. The molecule has 1 saturated heterocycles. The van der Waals surface area contributed by atoms with Crippen LogP contribution in [0.5, 0.6) is 0 Å². The standard InChI is InChI=1S/C17H22F3N3O2/c1-16(2,3)25-15(24)23-9-10-6-12(13(23)7-10)22-11-4-5-14(21-8-11)17(18,19)20/h4-5,8,10,12-13,22H,6-7,9H2,1-3H3/t10-,12+,13-/m0/s1. The Hall–Kier alpha value is -1.99. The average Bonchev–Trinajstić information content (AvgIpc) is 3.05. The van der Waals surface area contributed by atoms with Crippen molar-refractivity contribution in [3.8, 4) is 0 Å². The number of nitrogens with one attached hydrogen (secondary N) is 1. The first-order chi connectivity index (χ1) is 11.5. The van der Waals surface area contributed by atoms with Gasteiger partial charge < -0.3 is 15.0 Å². The third kappa shape index (κ3) is 3.99. The maximum atomic E-state index is 12.6. The highest BCUT2D eigenvalue weighted by molar-refractivity contribution is 5.69. The van der Waals surface area contributed by atoms with Gasteiger partial charge in [-0.2, -0.15) is 13.2 Å². The highest BCUT2D eigenvalue weighted by atomic mass is 19.4. The maximum absolute atomic E-state index is 12.6. The summed E-state index contributed by atoms with van der Waals surface area (Å²) in [7, 11) is 0. The number of fused-ring (bicyclic) bond motifs is 2. The number of hydrogen-bond acceptors (Lipinski definition) is 4. The Kier molecular flexibility index (Phi) is 4.33. The Balaban J connectivity index is 1.65. The van der Waals surface area contributed by atoms with E-state index in [1.165, 1.54) is 12.3 Å². The van der Waals surface area contributed by atoms with Crippen LogP contribution in [-0.2, 0) is 10.9 Å². The number of rotatable bonds is 2. The van der Waals surface area contributed by atoms with Crippen molar-refractivity contribution >= 4 is 11.8 Å². The normalized spacial score (nSPS) is 26.0. The minimum atomic E-state index is -4.45. The number of anilines is 1. The number of carbonyl (C=O) groups is 1. The predicted molar refractivity (Wildman–Crippen MR) is 86.1 cm³/mol. The van der Waals surface area contributed by atoms with E-state index in [4.69, 9.17) is 4.74 Å². The largest absolute Gasteiger partial charge is 0.444 e. The van der Waals surface area contributed by atoms with E-state index in [0.717, 1.165) is 18.9 Å². The van der Waals surface area contributed by atoms with Gasteiger partial charge in [0, 0.05) is 12.6 Å². The van der Waals surface area contributed by atoms with Gasteiger partial charge in [0.05, 0.1) is 17.9 Å². The Morgan fingerprint density at radius 2 is 2.00 bits per heavy atom. The van der Waals surface area contributed by atoms with Gasteiger partial charge in [0.2, 0.25) is 0 Å². The van der Waals surface area contributed by atoms with Crippen molar-refractivity contribution in [2.45, 2.75) is 57.5 Å². The predicted octanol–water partition coefficient (Wildman–Crippen LogP) is 3.91. The van der Waals surface area contributed by atoms with Crippen LogP contribution in [0.25, 0.3) is 0 Å². The van der Waals surface area contributed by atoms with E-state index in [-0.39, 0.29) is 18.2 Å². The zero-order chi connectivity index (χ0) is 18.4. The number of alkyl halides is 3. The molecule has 1 amide bonds. The Morgan fingerprint density at radius 1 is 1.28 bits per heavy atom. The van der Waals surface area contributed by atoms with E-state index in [0.29, 0.717) is 18.2 Å². The molecule has 3 rings (SSSR count). The number of likely N-dealkylation sites (tertiary alicyclic amines) is 1. The van der Waals surface area contributed by atoms with Crippen LogP contribution in [-0.4, -0.2) is 40.2 Å². The monoisotopic (exact) mass is 357 g/mol. The van der Waals surface area contributed by atoms with E-state index in [9.17, 15) is 18.0 Å². The van der Waals surface area contributed by atoms with Gasteiger partial charge in [0.25, 0.3) is 0 Å². The molecular weight excluding hydrogens is 335 g/mol. The van der Waals surface area contributed by atoms with Crippen LogP contribution < -0.4 is 5.32 Å². The van der Waals surface area contributed by atoms with E-state index in [1.807, 2.05) is 20.8 Å². The quantitative estimate of drug-likeness (QED) is 0.872. The van der Waals surface area contributed by atoms with Gasteiger partial charge in [-0.05, 0) is 51.7 Å². The summed E-state index contributed by atoms with van der Waals surface area (Å²) in [6, 6.07) is 2.31. The van der Waals surface area contributed by atoms with Gasteiger partial charge in [0.1, 0.15) is 11.3 Å². The van der Waals surface area contributed by atoms with Crippen LogP contribution in [0, 0.1) is 5.92 Å². The molecule has 138 valence electrons. The van der Waals surface area contributed by atoms with Crippen LogP contribution in [0.15, 0.2) is 18.3 Å². The second kappa shape index (κ2) is 6.07. The smallest absolute Gasteiger partial charge is 0.433 e. The van der Waals surface area contributed by atoms with Crippen LogP contribution >= 0.6 is 0 Å². The van der Waals surface area contributed by atoms with Crippen LogP contribution in [0.2, 0.25) is 0 Å². The lowest BCUT2D eigenvalue weighted by atomic mass is 10.1. The topological polar surface area (TPSA) is 54.5 Å². The molecular formula is C17H22F3N3O2. The molecule has 8 heteroatoms. The zero-order valence-electron chi connectivity index (χ0n) is 14.4. The molecule has 0 radical (unpaired) electrons. The molecule has 1 aromatic heterocycles. The highest BCUT2D eigenvalue weighted by Crippen LogP contribution is 2.40. The minimum absolute atomic E-state index is 0.00944. The number of piperidine rings is 1. The molecule has 2 bridgehead atoms. The van der Waals surface area contributed by atoms with E-state index in [2.05, 4.69) is 10.3 Å². The Morgan fingerprint density at radius 3 is 2.52 bits per heavy atom. The first-order valence-electron chi connectivity index (χ1n) is 8.32. The molecule has 25 heavy (non-hydrogen) atoms. The second-order valence-electron chi connectivity index (χ2n) is 7.72. The summed E-state index contributed by atoms with van der Waals surface area (Å²) >= 11 is 0. The van der Waals surface area contributed by atoms with Crippen LogP contribution in [0.1, 0.15) is 39.3 Å². The molecule has 2 fully saturated rings. The molecule has 1 aromatic rings. The fourth-order valence-corrected chi connectivity index (χ4v) is 3.57. The van der Waals surface area contributed by atoms with Gasteiger partial charge >= 0.3 is 12.3 Å². The van der Waals surface area contributed by atoms with Gasteiger partial charge in [-0.25, -0.2) is 9.78 Å². The number of ether oxygens (including phenoxy) is 1. The number of halogens is 3. The van der Waals surface area contributed by atoms with Crippen molar-refractivity contribution in [3.63, 3.8) is 0 Å². The van der Waals surface area contributed by atoms with E-state index < -0.39 is 17.5 Å². The fourth-order valence-electron chi connectivity index (χ4n) is 3.57. The summed E-state index contributed by atoms with van der Waals surface area (Å²) in [4.78, 5) is 17.5. The summed E-state index contributed by atoms with van der Waals surface area (Å²) in [5.74, 6) is 0.387. The van der Waals surface area contributed by atoms with Crippen molar-refractivity contribution in [3.05, 3.63) is 24.0 Å². The number of amides is 1. The van der Waals surface area contributed by atoms with Crippen LogP contribution in [0.3, 0.4) is 0 Å². The van der Waals surface area contributed by atoms with Crippen LogP contribution in [0.4, 0.5) is 23.7 Å².